The summed E-state index contributed by atoms with van der Waals surface area (Å²) in [4.78, 5) is 25.6. The predicted octanol–water partition coefficient (Wildman–Crippen LogP) is 4.00. The van der Waals surface area contributed by atoms with Gasteiger partial charge in [0.25, 0.3) is 5.56 Å². The lowest BCUT2D eigenvalue weighted by atomic mass is 10.0. The van der Waals surface area contributed by atoms with Crippen LogP contribution in [0.5, 0.6) is 0 Å². The van der Waals surface area contributed by atoms with Crippen LogP contribution in [-0.4, -0.2) is 47.3 Å². The van der Waals surface area contributed by atoms with E-state index in [-0.39, 0.29) is 54.4 Å². The number of hydrogen-bond acceptors (Lipinski definition) is 6. The highest BCUT2D eigenvalue weighted by atomic mass is 35.5. The maximum atomic E-state index is 14.3. The van der Waals surface area contributed by atoms with Crippen molar-refractivity contribution < 1.29 is 4.39 Å². The third-order valence-corrected chi connectivity index (χ3v) is 6.38. The first-order valence-corrected chi connectivity index (χ1v) is 11.1. The number of pyridine rings is 1. The van der Waals surface area contributed by atoms with Gasteiger partial charge in [-0.2, -0.15) is 0 Å². The Hall–Kier alpha value is -2.39. The van der Waals surface area contributed by atoms with Crippen LogP contribution in [0.1, 0.15) is 24.4 Å². The number of halogens is 4. The van der Waals surface area contributed by atoms with Gasteiger partial charge >= 0.3 is 0 Å². The largest absolute Gasteiger partial charge is 0.372 e. The molecule has 0 unspecified atom stereocenters. The Labute approximate surface area is 223 Å². The highest BCUT2D eigenvalue weighted by Gasteiger charge is 2.25. The molecule has 0 spiro atoms. The summed E-state index contributed by atoms with van der Waals surface area (Å²) in [6, 6.07) is 11.8. The fraction of sp³-hybridized carbons (Fsp3) is 0.375. The van der Waals surface area contributed by atoms with E-state index in [2.05, 4.69) is 49.4 Å². The zero-order valence-corrected chi connectivity index (χ0v) is 21.8. The second-order valence-corrected chi connectivity index (χ2v) is 8.43. The van der Waals surface area contributed by atoms with E-state index in [0.29, 0.717) is 24.7 Å². The molecule has 2 fully saturated rings. The molecule has 2 saturated heterocycles. The minimum Gasteiger partial charge on any atom is -0.372 e. The van der Waals surface area contributed by atoms with Crippen LogP contribution in [0.25, 0.3) is 11.3 Å². The second kappa shape index (κ2) is 12.5. The molecule has 0 aliphatic carbocycles. The molecule has 0 saturated carbocycles. The Morgan fingerprint density at radius 1 is 1.00 bits per heavy atom. The van der Waals surface area contributed by atoms with Crippen molar-refractivity contribution >= 4 is 48.9 Å². The van der Waals surface area contributed by atoms with Crippen molar-refractivity contribution in [1.29, 1.82) is 0 Å². The number of anilines is 2. The van der Waals surface area contributed by atoms with E-state index in [1.807, 2.05) is 0 Å². The van der Waals surface area contributed by atoms with Crippen LogP contribution in [0.15, 0.2) is 53.6 Å². The lowest BCUT2D eigenvalue weighted by Gasteiger charge is -2.35. The van der Waals surface area contributed by atoms with E-state index in [9.17, 15) is 9.18 Å². The van der Waals surface area contributed by atoms with Crippen LogP contribution in [0, 0.1) is 5.82 Å². The van der Waals surface area contributed by atoms with E-state index in [0.717, 1.165) is 25.8 Å². The number of nitrogens with zero attached hydrogens (tertiary/aromatic N) is 5. The first kappa shape index (κ1) is 28.8. The minimum absolute atomic E-state index is 0. The molecule has 11 heteroatoms. The van der Waals surface area contributed by atoms with E-state index >= 15 is 0 Å². The topological polar surface area (TPSA) is 66.3 Å². The van der Waals surface area contributed by atoms with Gasteiger partial charge in [-0.05, 0) is 36.6 Å². The minimum atomic E-state index is -0.490. The number of aromatic nitrogens is 3. The van der Waals surface area contributed by atoms with Crippen LogP contribution < -0.4 is 20.7 Å². The van der Waals surface area contributed by atoms with Gasteiger partial charge in [-0.1, -0.05) is 12.1 Å². The summed E-state index contributed by atoms with van der Waals surface area (Å²) in [5.74, 6) is 0.0550. The smallest absolute Gasteiger partial charge is 0.255 e. The van der Waals surface area contributed by atoms with Gasteiger partial charge in [-0.25, -0.2) is 9.37 Å². The summed E-state index contributed by atoms with van der Waals surface area (Å²) in [6.45, 7) is 4.41. The summed E-state index contributed by atoms with van der Waals surface area (Å²) in [6.07, 6.45) is 5.16. The quantitative estimate of drug-likeness (QED) is 0.537. The number of piperazine rings is 1. The Kier molecular flexibility index (Phi) is 10.3. The molecule has 1 aromatic carbocycles. The van der Waals surface area contributed by atoms with Crippen molar-refractivity contribution in [2.75, 3.05) is 42.5 Å². The molecule has 7 nitrogen and oxygen atoms in total. The van der Waals surface area contributed by atoms with Crippen molar-refractivity contribution in [3.63, 3.8) is 0 Å². The molecule has 0 bridgehead atoms. The molecule has 2 aromatic heterocycles. The van der Waals surface area contributed by atoms with Gasteiger partial charge in [0.05, 0.1) is 11.9 Å². The fourth-order valence-electron chi connectivity index (χ4n) is 4.58. The zero-order valence-electron chi connectivity index (χ0n) is 19.4. The van der Waals surface area contributed by atoms with Crippen LogP contribution in [0.4, 0.5) is 16.0 Å². The molecule has 35 heavy (non-hydrogen) atoms. The lowest BCUT2D eigenvalue weighted by Crippen LogP contribution is -2.47. The third kappa shape index (κ3) is 6.06. The van der Waals surface area contributed by atoms with E-state index in [1.165, 1.54) is 40.9 Å². The van der Waals surface area contributed by atoms with Crippen molar-refractivity contribution in [1.82, 2.24) is 19.9 Å². The summed E-state index contributed by atoms with van der Waals surface area (Å²) in [5.41, 5.74) is 2.87. The van der Waals surface area contributed by atoms with Crippen molar-refractivity contribution in [2.24, 2.45) is 7.05 Å². The first-order valence-electron chi connectivity index (χ1n) is 11.1. The summed E-state index contributed by atoms with van der Waals surface area (Å²) in [7, 11) is 1.71. The van der Waals surface area contributed by atoms with Crippen LogP contribution >= 0.6 is 37.2 Å². The van der Waals surface area contributed by atoms with Crippen LogP contribution in [0.3, 0.4) is 0 Å². The average molecular weight is 544 g/mol. The van der Waals surface area contributed by atoms with Gasteiger partial charge in [0.2, 0.25) is 5.95 Å². The molecule has 2 aliphatic heterocycles. The van der Waals surface area contributed by atoms with E-state index in [4.69, 9.17) is 0 Å². The SMILES string of the molecule is Cl.Cl.Cl.Cn1c(N2CCN[C@@H](c3ccc(N4CCCC4)cc3)C2)nc(-c2ccncc2F)cc1=O. The normalized spacial score (nSPS) is 17.3. The standard InChI is InChI=1S/C24H27FN6O.3ClH/c1-29-23(32)14-21(19-8-9-26-15-20(19)25)28-24(29)31-13-10-27-22(16-31)17-4-6-18(7-5-17)30-11-2-3-12-30;;;/h4-9,14-15,22,27H,2-3,10-13,16H2,1H3;3*1H/t22-;;;/m1.../s1. The molecule has 1 atom stereocenters. The maximum Gasteiger partial charge on any atom is 0.255 e. The first-order chi connectivity index (χ1) is 15.6. The molecule has 4 heterocycles. The number of rotatable bonds is 4. The lowest BCUT2D eigenvalue weighted by molar-refractivity contribution is 0.462. The van der Waals surface area contributed by atoms with Gasteiger partial charge < -0.3 is 15.1 Å². The molecular formula is C24H30Cl3FN6O. The fourth-order valence-corrected chi connectivity index (χ4v) is 4.58. The molecule has 0 amide bonds. The van der Waals surface area contributed by atoms with Crippen LogP contribution in [-0.2, 0) is 7.05 Å². The van der Waals surface area contributed by atoms with Gasteiger partial charge in [0, 0.05) is 69.3 Å². The number of benzene rings is 1. The molecule has 0 radical (unpaired) electrons. The molecule has 3 aromatic rings. The molecular weight excluding hydrogens is 514 g/mol. The van der Waals surface area contributed by atoms with Crippen molar-refractivity contribution in [2.45, 2.75) is 18.9 Å². The maximum absolute atomic E-state index is 14.3. The van der Waals surface area contributed by atoms with E-state index < -0.39 is 5.82 Å². The number of nitrogens with one attached hydrogen (secondary N) is 1. The summed E-state index contributed by atoms with van der Waals surface area (Å²) >= 11 is 0. The number of hydrogen-bond donors (Lipinski definition) is 1. The van der Waals surface area contributed by atoms with Gasteiger partial charge in [-0.15, -0.1) is 37.2 Å². The highest BCUT2D eigenvalue weighted by molar-refractivity contribution is 5.86. The van der Waals surface area contributed by atoms with E-state index in [1.54, 1.807) is 13.1 Å². The Morgan fingerprint density at radius 3 is 2.40 bits per heavy atom. The van der Waals surface area contributed by atoms with Crippen molar-refractivity contribution in [3.8, 4) is 11.3 Å². The molecule has 2 aliphatic rings. The van der Waals surface area contributed by atoms with Gasteiger partial charge in [0.1, 0.15) is 0 Å². The zero-order chi connectivity index (χ0) is 22.1. The Morgan fingerprint density at radius 2 is 1.71 bits per heavy atom. The predicted molar refractivity (Wildman–Crippen MR) is 145 cm³/mol. The average Bonchev–Trinajstić information content (AvgIpc) is 3.36. The molecule has 190 valence electrons. The second-order valence-electron chi connectivity index (χ2n) is 8.43. The highest BCUT2D eigenvalue weighted by Crippen LogP contribution is 2.26. The monoisotopic (exact) mass is 542 g/mol. The molecule has 1 N–H and O–H groups in total. The van der Waals surface area contributed by atoms with Gasteiger partial charge in [-0.3, -0.25) is 14.3 Å². The Balaban J connectivity index is 0.00000144. The molecule has 5 rings (SSSR count). The summed E-state index contributed by atoms with van der Waals surface area (Å²) < 4.78 is 15.8. The summed E-state index contributed by atoms with van der Waals surface area (Å²) in [5, 5.41) is 3.57. The Bertz CT molecular complexity index is 1170. The van der Waals surface area contributed by atoms with Crippen molar-refractivity contribution in [3.05, 3.63) is 70.5 Å². The van der Waals surface area contributed by atoms with Crippen LogP contribution in [0.2, 0.25) is 0 Å². The third-order valence-electron chi connectivity index (χ3n) is 6.38. The van der Waals surface area contributed by atoms with Gasteiger partial charge in [0.15, 0.2) is 5.82 Å².